The molecule has 6 nitrogen and oxygen atoms in total. The van der Waals surface area contributed by atoms with Crippen LogP contribution in [0.15, 0.2) is 0 Å². The third-order valence-electron chi connectivity index (χ3n) is 3.96. The molecule has 116 valence electrons. The van der Waals surface area contributed by atoms with Crippen LogP contribution >= 0.6 is 11.3 Å². The van der Waals surface area contributed by atoms with Crippen LogP contribution in [0.25, 0.3) is 0 Å². The van der Waals surface area contributed by atoms with Crippen LogP contribution in [0.2, 0.25) is 0 Å². The van der Waals surface area contributed by atoms with Gasteiger partial charge in [0.15, 0.2) is 0 Å². The SMILES string of the molecule is CNC(=O)c1c(N(C)CC2CCCC2)sc(C(N)=O)c1N. The van der Waals surface area contributed by atoms with Gasteiger partial charge in [0.25, 0.3) is 11.8 Å². The van der Waals surface area contributed by atoms with Gasteiger partial charge in [-0.3, -0.25) is 9.59 Å². The highest BCUT2D eigenvalue weighted by Crippen LogP contribution is 2.38. The highest BCUT2D eigenvalue weighted by molar-refractivity contribution is 7.19. The van der Waals surface area contributed by atoms with E-state index in [9.17, 15) is 9.59 Å². The Kier molecular flexibility index (Phi) is 4.72. The van der Waals surface area contributed by atoms with Crippen LogP contribution in [0, 0.1) is 5.92 Å². The highest BCUT2D eigenvalue weighted by Gasteiger charge is 2.27. The maximum atomic E-state index is 12.1. The van der Waals surface area contributed by atoms with Crippen molar-refractivity contribution in [1.29, 1.82) is 0 Å². The molecule has 1 aromatic heterocycles. The molecule has 1 aromatic rings. The Morgan fingerprint density at radius 2 is 2.00 bits per heavy atom. The molecule has 0 saturated heterocycles. The zero-order valence-electron chi connectivity index (χ0n) is 12.4. The lowest BCUT2D eigenvalue weighted by Gasteiger charge is -2.22. The fourth-order valence-electron chi connectivity index (χ4n) is 2.89. The second-order valence-corrected chi connectivity index (χ2v) is 6.50. The van der Waals surface area contributed by atoms with Gasteiger partial charge in [0.2, 0.25) is 0 Å². The molecule has 5 N–H and O–H groups in total. The van der Waals surface area contributed by atoms with Crippen LogP contribution < -0.4 is 21.7 Å². The fraction of sp³-hybridized carbons (Fsp3) is 0.571. The number of nitrogens with two attached hydrogens (primary N) is 2. The lowest BCUT2D eigenvalue weighted by molar-refractivity contribution is 0.0964. The number of nitrogens with zero attached hydrogens (tertiary/aromatic N) is 1. The number of hydrogen-bond donors (Lipinski definition) is 3. The largest absolute Gasteiger partial charge is 0.397 e. The van der Waals surface area contributed by atoms with Crippen molar-refractivity contribution in [3.8, 4) is 0 Å². The van der Waals surface area contributed by atoms with Gasteiger partial charge in [0, 0.05) is 20.6 Å². The van der Waals surface area contributed by atoms with Crippen molar-refractivity contribution in [2.45, 2.75) is 25.7 Å². The molecular formula is C14H22N4O2S. The molecule has 1 heterocycles. The first-order chi connectivity index (χ1) is 9.95. The number of amides is 2. The van der Waals surface area contributed by atoms with Gasteiger partial charge in [-0.05, 0) is 18.8 Å². The van der Waals surface area contributed by atoms with Crippen molar-refractivity contribution in [3.05, 3.63) is 10.4 Å². The van der Waals surface area contributed by atoms with Gasteiger partial charge >= 0.3 is 0 Å². The Morgan fingerprint density at radius 1 is 1.38 bits per heavy atom. The first-order valence-electron chi connectivity index (χ1n) is 7.11. The molecule has 0 bridgehead atoms. The molecule has 2 rings (SSSR count). The van der Waals surface area contributed by atoms with Gasteiger partial charge in [-0.25, -0.2) is 0 Å². The topological polar surface area (TPSA) is 101 Å². The second kappa shape index (κ2) is 6.34. The summed E-state index contributed by atoms with van der Waals surface area (Å²) in [5, 5.41) is 3.29. The fourth-order valence-corrected chi connectivity index (χ4v) is 3.93. The number of anilines is 2. The van der Waals surface area contributed by atoms with E-state index in [0.29, 0.717) is 16.5 Å². The first-order valence-corrected chi connectivity index (χ1v) is 7.92. The van der Waals surface area contributed by atoms with Crippen LogP contribution in [0.4, 0.5) is 10.7 Å². The lowest BCUT2D eigenvalue weighted by atomic mass is 10.1. The first kappa shape index (κ1) is 15.6. The van der Waals surface area contributed by atoms with Crippen molar-refractivity contribution >= 4 is 33.8 Å². The van der Waals surface area contributed by atoms with Crippen molar-refractivity contribution in [3.63, 3.8) is 0 Å². The van der Waals surface area contributed by atoms with Crippen LogP contribution in [0.5, 0.6) is 0 Å². The minimum atomic E-state index is -0.594. The molecule has 7 heteroatoms. The number of thiophene rings is 1. The van der Waals surface area contributed by atoms with E-state index in [1.165, 1.54) is 37.0 Å². The summed E-state index contributed by atoms with van der Waals surface area (Å²) in [4.78, 5) is 25.8. The zero-order chi connectivity index (χ0) is 15.6. The van der Waals surface area contributed by atoms with Crippen molar-refractivity contribution in [2.75, 3.05) is 31.3 Å². The Bertz CT molecular complexity index is 549. The summed E-state index contributed by atoms with van der Waals surface area (Å²) in [5.74, 6) is -0.249. The van der Waals surface area contributed by atoms with Crippen LogP contribution in [-0.4, -0.2) is 32.5 Å². The van der Waals surface area contributed by atoms with Gasteiger partial charge in [-0.15, -0.1) is 11.3 Å². The van der Waals surface area contributed by atoms with Crippen LogP contribution in [0.3, 0.4) is 0 Å². The molecule has 0 aromatic carbocycles. The number of primary amides is 1. The third-order valence-corrected chi connectivity index (χ3v) is 5.29. The van der Waals surface area contributed by atoms with E-state index in [-0.39, 0.29) is 16.5 Å². The smallest absolute Gasteiger partial charge is 0.260 e. The highest BCUT2D eigenvalue weighted by atomic mass is 32.1. The lowest BCUT2D eigenvalue weighted by Crippen LogP contribution is -2.27. The molecule has 2 amide bonds. The second-order valence-electron chi connectivity index (χ2n) is 5.50. The maximum Gasteiger partial charge on any atom is 0.260 e. The van der Waals surface area contributed by atoms with Crippen molar-refractivity contribution < 1.29 is 9.59 Å². The molecule has 1 fully saturated rings. The normalized spacial score (nSPS) is 15.1. The minimum absolute atomic E-state index is 0.181. The number of hydrogen-bond acceptors (Lipinski definition) is 5. The van der Waals surface area contributed by atoms with Crippen LogP contribution in [-0.2, 0) is 0 Å². The van der Waals surface area contributed by atoms with Crippen LogP contribution in [0.1, 0.15) is 45.7 Å². The zero-order valence-corrected chi connectivity index (χ0v) is 13.3. The molecule has 1 saturated carbocycles. The maximum absolute atomic E-state index is 12.1. The predicted octanol–water partition coefficient (Wildman–Crippen LogP) is 1.42. The predicted molar refractivity (Wildman–Crippen MR) is 85.9 cm³/mol. The van der Waals surface area contributed by atoms with Crippen molar-refractivity contribution in [2.24, 2.45) is 11.7 Å². The molecule has 0 unspecified atom stereocenters. The molecule has 0 aliphatic heterocycles. The molecular weight excluding hydrogens is 288 g/mol. The van der Waals surface area contributed by atoms with Crippen molar-refractivity contribution in [1.82, 2.24) is 5.32 Å². The van der Waals surface area contributed by atoms with E-state index in [1.54, 1.807) is 7.05 Å². The van der Waals surface area contributed by atoms with E-state index in [1.807, 2.05) is 11.9 Å². The van der Waals surface area contributed by atoms with Gasteiger partial charge in [0.1, 0.15) is 9.88 Å². The average Bonchev–Trinajstić information content (AvgIpc) is 3.05. The summed E-state index contributed by atoms with van der Waals surface area (Å²) >= 11 is 1.19. The molecule has 0 atom stereocenters. The number of nitrogens with one attached hydrogen (secondary N) is 1. The molecule has 21 heavy (non-hydrogen) atoms. The summed E-state index contributed by atoms with van der Waals surface area (Å²) in [6.07, 6.45) is 4.95. The monoisotopic (exact) mass is 310 g/mol. The standard InChI is InChI=1S/C14H22N4O2S/c1-17-13(20)9-10(15)11(12(16)19)21-14(9)18(2)7-8-5-3-4-6-8/h8H,3-7,15H2,1-2H3,(H2,16,19)(H,17,20). The summed E-state index contributed by atoms with van der Waals surface area (Å²) in [7, 11) is 3.48. The summed E-state index contributed by atoms with van der Waals surface area (Å²) in [6, 6.07) is 0. The number of nitrogen functional groups attached to an aromatic ring is 1. The number of rotatable bonds is 5. The van der Waals surface area contributed by atoms with E-state index in [0.717, 1.165) is 6.54 Å². The molecule has 1 aliphatic carbocycles. The third kappa shape index (κ3) is 3.12. The summed E-state index contributed by atoms with van der Waals surface area (Å²) in [6.45, 7) is 0.863. The molecule has 0 spiro atoms. The Balaban J connectivity index is 2.33. The summed E-state index contributed by atoms with van der Waals surface area (Å²) in [5.41, 5.74) is 11.8. The summed E-state index contributed by atoms with van der Waals surface area (Å²) < 4.78 is 0. The Morgan fingerprint density at radius 3 is 2.52 bits per heavy atom. The van der Waals surface area contributed by atoms with E-state index < -0.39 is 5.91 Å². The van der Waals surface area contributed by atoms with E-state index in [4.69, 9.17) is 11.5 Å². The van der Waals surface area contributed by atoms with E-state index >= 15 is 0 Å². The average molecular weight is 310 g/mol. The Hall–Kier alpha value is -1.76. The van der Waals surface area contributed by atoms with Gasteiger partial charge < -0.3 is 21.7 Å². The van der Waals surface area contributed by atoms with Gasteiger partial charge in [-0.2, -0.15) is 0 Å². The molecule has 1 aliphatic rings. The van der Waals surface area contributed by atoms with Gasteiger partial charge in [-0.1, -0.05) is 12.8 Å². The van der Waals surface area contributed by atoms with E-state index in [2.05, 4.69) is 5.32 Å². The quantitative estimate of drug-likeness (QED) is 0.765. The Labute approximate surface area is 128 Å². The number of carbonyl (C=O) groups is 2. The minimum Gasteiger partial charge on any atom is -0.397 e. The van der Waals surface area contributed by atoms with Gasteiger partial charge in [0.05, 0.1) is 11.3 Å². The number of carbonyl (C=O) groups excluding carboxylic acids is 2. The molecule has 0 radical (unpaired) electrons.